The summed E-state index contributed by atoms with van der Waals surface area (Å²) in [7, 11) is 0. The lowest BCUT2D eigenvalue weighted by Gasteiger charge is -2.41. The van der Waals surface area contributed by atoms with E-state index in [1.807, 2.05) is 17.0 Å². The number of urea groups is 1. The zero-order chi connectivity index (χ0) is 19.3. The molecule has 1 N–H and O–H groups in total. The topological polar surface area (TPSA) is 48.1 Å². The largest absolute Gasteiger partial charge is 0.379 e. The normalized spacial score (nSPS) is 19.9. The summed E-state index contributed by atoms with van der Waals surface area (Å²) in [5.74, 6) is 0. The van der Waals surface area contributed by atoms with Crippen molar-refractivity contribution < 1.29 is 9.53 Å². The molecule has 0 bridgehead atoms. The summed E-state index contributed by atoms with van der Waals surface area (Å²) in [6.45, 7) is 12.6. The molecule has 2 amide bonds. The van der Waals surface area contributed by atoms with Gasteiger partial charge in [-0.3, -0.25) is 9.80 Å². The van der Waals surface area contributed by atoms with E-state index in [9.17, 15) is 4.79 Å². The Morgan fingerprint density at radius 3 is 2.33 bits per heavy atom. The number of hydrogen-bond acceptors (Lipinski definition) is 4. The van der Waals surface area contributed by atoms with E-state index < -0.39 is 0 Å². The second-order valence-electron chi connectivity index (χ2n) is 7.96. The van der Waals surface area contributed by atoms with Crippen LogP contribution in [0.1, 0.15) is 19.4 Å². The SMILES string of the molecule is CC(C)(CNC(=O)N1CCN(Cc2ccc(Cl)cc2)CC1)N1CCOCC1. The Morgan fingerprint density at radius 2 is 1.70 bits per heavy atom. The number of halogens is 1. The van der Waals surface area contributed by atoms with Crippen molar-refractivity contribution in [1.82, 2.24) is 20.0 Å². The van der Waals surface area contributed by atoms with Crippen LogP contribution in [0.15, 0.2) is 24.3 Å². The third-order valence-corrected chi connectivity index (χ3v) is 5.77. The van der Waals surface area contributed by atoms with E-state index in [0.29, 0.717) is 6.54 Å². The van der Waals surface area contributed by atoms with Crippen molar-refractivity contribution in [1.29, 1.82) is 0 Å². The van der Waals surface area contributed by atoms with E-state index >= 15 is 0 Å². The Hall–Kier alpha value is -1.34. The highest BCUT2D eigenvalue weighted by molar-refractivity contribution is 6.30. The fourth-order valence-electron chi connectivity index (χ4n) is 3.64. The van der Waals surface area contributed by atoms with Gasteiger partial charge in [0.05, 0.1) is 13.2 Å². The van der Waals surface area contributed by atoms with E-state index in [2.05, 4.69) is 41.1 Å². The Labute approximate surface area is 167 Å². The molecule has 0 radical (unpaired) electrons. The molecule has 1 aromatic carbocycles. The van der Waals surface area contributed by atoms with Crippen molar-refractivity contribution in [3.05, 3.63) is 34.9 Å². The van der Waals surface area contributed by atoms with Gasteiger partial charge < -0.3 is 15.0 Å². The summed E-state index contributed by atoms with van der Waals surface area (Å²) in [5.41, 5.74) is 1.19. The van der Waals surface area contributed by atoms with Crippen LogP contribution in [0.5, 0.6) is 0 Å². The number of nitrogens with one attached hydrogen (secondary N) is 1. The number of carbonyl (C=O) groups is 1. The molecule has 0 spiro atoms. The molecule has 7 heteroatoms. The number of amides is 2. The molecule has 2 fully saturated rings. The van der Waals surface area contributed by atoms with E-state index in [1.165, 1.54) is 5.56 Å². The molecule has 3 rings (SSSR count). The first-order valence-electron chi connectivity index (χ1n) is 9.76. The fraction of sp³-hybridized carbons (Fsp3) is 0.650. The maximum absolute atomic E-state index is 12.6. The van der Waals surface area contributed by atoms with Crippen molar-refractivity contribution in [3.8, 4) is 0 Å². The lowest BCUT2D eigenvalue weighted by atomic mass is 10.0. The van der Waals surface area contributed by atoms with Crippen molar-refractivity contribution in [2.24, 2.45) is 0 Å². The van der Waals surface area contributed by atoms with Gasteiger partial charge in [-0.1, -0.05) is 23.7 Å². The van der Waals surface area contributed by atoms with Crippen LogP contribution in [0.2, 0.25) is 5.02 Å². The standard InChI is InChI=1S/C20H31ClN4O2/c1-20(2,25-11-13-27-14-12-25)16-22-19(26)24-9-7-23(8-10-24)15-17-3-5-18(21)6-4-17/h3-6H,7-16H2,1-2H3,(H,22,26). The van der Waals surface area contributed by atoms with E-state index in [-0.39, 0.29) is 11.6 Å². The molecule has 0 saturated carbocycles. The molecular weight excluding hydrogens is 364 g/mol. The quantitative estimate of drug-likeness (QED) is 0.832. The molecular formula is C20H31ClN4O2. The number of nitrogens with zero attached hydrogens (tertiary/aromatic N) is 3. The monoisotopic (exact) mass is 394 g/mol. The highest BCUT2D eigenvalue weighted by Gasteiger charge is 2.29. The van der Waals surface area contributed by atoms with Crippen molar-refractivity contribution in [2.75, 3.05) is 59.0 Å². The molecule has 0 aromatic heterocycles. The molecule has 0 atom stereocenters. The minimum Gasteiger partial charge on any atom is -0.379 e. The summed E-state index contributed by atoms with van der Waals surface area (Å²) >= 11 is 5.95. The average Bonchev–Trinajstić information content (AvgIpc) is 2.69. The van der Waals surface area contributed by atoms with Crippen molar-refractivity contribution in [2.45, 2.75) is 25.9 Å². The van der Waals surface area contributed by atoms with Crippen LogP contribution in [-0.4, -0.2) is 85.3 Å². The first-order chi connectivity index (χ1) is 12.9. The minimum absolute atomic E-state index is 0.0440. The number of benzene rings is 1. The zero-order valence-electron chi connectivity index (χ0n) is 16.4. The predicted molar refractivity (Wildman–Crippen MR) is 108 cm³/mol. The van der Waals surface area contributed by atoms with Crippen molar-refractivity contribution in [3.63, 3.8) is 0 Å². The Morgan fingerprint density at radius 1 is 1.07 bits per heavy atom. The van der Waals surface area contributed by atoms with Gasteiger partial charge >= 0.3 is 6.03 Å². The van der Waals surface area contributed by atoms with Gasteiger partial charge in [-0.2, -0.15) is 0 Å². The van der Waals surface area contributed by atoms with Gasteiger partial charge in [0.25, 0.3) is 0 Å². The highest BCUT2D eigenvalue weighted by Crippen LogP contribution is 2.16. The Kier molecular flexibility index (Phi) is 6.98. The molecule has 6 nitrogen and oxygen atoms in total. The Bertz CT molecular complexity index is 609. The maximum Gasteiger partial charge on any atom is 0.317 e. The lowest BCUT2D eigenvalue weighted by Crippen LogP contribution is -2.58. The summed E-state index contributed by atoms with van der Waals surface area (Å²) in [4.78, 5) is 19.3. The van der Waals surface area contributed by atoms with E-state index in [0.717, 1.165) is 64.0 Å². The van der Waals surface area contributed by atoms with Gasteiger partial charge in [0.1, 0.15) is 0 Å². The predicted octanol–water partition coefficient (Wildman–Crippen LogP) is 2.28. The number of rotatable bonds is 5. The van der Waals surface area contributed by atoms with Gasteiger partial charge in [-0.15, -0.1) is 0 Å². The number of ether oxygens (including phenoxy) is 1. The summed E-state index contributed by atoms with van der Waals surface area (Å²) in [6, 6.07) is 8.03. The number of hydrogen-bond donors (Lipinski definition) is 1. The first-order valence-corrected chi connectivity index (χ1v) is 10.1. The number of piperazine rings is 1. The third kappa shape index (κ3) is 5.82. The van der Waals surface area contributed by atoms with Crippen LogP contribution in [0.4, 0.5) is 4.79 Å². The highest BCUT2D eigenvalue weighted by atomic mass is 35.5. The second kappa shape index (κ2) is 9.24. The molecule has 27 heavy (non-hydrogen) atoms. The first kappa shape index (κ1) is 20.4. The molecule has 0 aliphatic carbocycles. The van der Waals surface area contributed by atoms with Gasteiger partial charge in [0.15, 0.2) is 0 Å². The van der Waals surface area contributed by atoms with Gasteiger partial charge in [-0.05, 0) is 31.5 Å². The molecule has 0 unspecified atom stereocenters. The lowest BCUT2D eigenvalue weighted by molar-refractivity contribution is -0.00917. The van der Waals surface area contributed by atoms with Gasteiger partial charge in [-0.25, -0.2) is 4.79 Å². The van der Waals surface area contributed by atoms with Crippen molar-refractivity contribution >= 4 is 17.6 Å². The average molecular weight is 395 g/mol. The number of morpholine rings is 1. The number of carbonyl (C=O) groups excluding carboxylic acids is 1. The van der Waals surface area contributed by atoms with Crippen LogP contribution in [0, 0.1) is 0 Å². The zero-order valence-corrected chi connectivity index (χ0v) is 17.2. The van der Waals surface area contributed by atoms with Crippen LogP contribution in [-0.2, 0) is 11.3 Å². The third-order valence-electron chi connectivity index (χ3n) is 5.52. The Balaban J connectivity index is 1.41. The van der Waals surface area contributed by atoms with Crippen LogP contribution >= 0.6 is 11.6 Å². The van der Waals surface area contributed by atoms with Crippen LogP contribution in [0.3, 0.4) is 0 Å². The van der Waals surface area contributed by atoms with Gasteiger partial charge in [0, 0.05) is 62.9 Å². The van der Waals surface area contributed by atoms with Crippen LogP contribution < -0.4 is 5.32 Å². The molecule has 1 aromatic rings. The minimum atomic E-state index is -0.0597. The molecule has 2 saturated heterocycles. The fourth-order valence-corrected chi connectivity index (χ4v) is 3.77. The molecule has 2 heterocycles. The second-order valence-corrected chi connectivity index (χ2v) is 8.40. The molecule has 150 valence electrons. The summed E-state index contributed by atoms with van der Waals surface area (Å²) < 4.78 is 5.43. The van der Waals surface area contributed by atoms with E-state index in [4.69, 9.17) is 16.3 Å². The van der Waals surface area contributed by atoms with E-state index in [1.54, 1.807) is 0 Å². The smallest absolute Gasteiger partial charge is 0.317 e. The van der Waals surface area contributed by atoms with Gasteiger partial charge in [0.2, 0.25) is 0 Å². The molecule has 2 aliphatic heterocycles. The maximum atomic E-state index is 12.6. The molecule has 2 aliphatic rings. The summed E-state index contributed by atoms with van der Waals surface area (Å²) in [5, 5.41) is 3.90. The van der Waals surface area contributed by atoms with Crippen LogP contribution in [0.25, 0.3) is 0 Å². The summed E-state index contributed by atoms with van der Waals surface area (Å²) in [6.07, 6.45) is 0.